The third kappa shape index (κ3) is 3.09. The van der Waals surface area contributed by atoms with Gasteiger partial charge in [0.25, 0.3) is 5.91 Å². The van der Waals surface area contributed by atoms with Gasteiger partial charge in [0.2, 0.25) is 0 Å². The number of carbonyl (C=O) groups is 1. The summed E-state index contributed by atoms with van der Waals surface area (Å²) in [6, 6.07) is 10.7. The topological polar surface area (TPSA) is 73.6 Å². The van der Waals surface area contributed by atoms with Gasteiger partial charge >= 0.3 is 0 Å². The number of aromatic nitrogens is 1. The number of nitrogens with one attached hydrogen (secondary N) is 1. The van der Waals surface area contributed by atoms with E-state index in [0.29, 0.717) is 29.3 Å². The summed E-state index contributed by atoms with van der Waals surface area (Å²) in [6.45, 7) is 2.19. The first-order chi connectivity index (χ1) is 11.6. The minimum atomic E-state index is -0.327. The van der Waals surface area contributed by atoms with Crippen LogP contribution in [0.25, 0.3) is 10.9 Å². The zero-order valence-electron chi connectivity index (χ0n) is 13.8. The van der Waals surface area contributed by atoms with Gasteiger partial charge in [0.05, 0.1) is 12.8 Å². The number of amides is 1. The lowest BCUT2D eigenvalue weighted by Crippen LogP contribution is -2.11. The summed E-state index contributed by atoms with van der Waals surface area (Å²) in [4.78, 5) is 16.9. The molecular formula is C18H18N2O4. The van der Waals surface area contributed by atoms with Crippen molar-refractivity contribution in [3.8, 4) is 5.75 Å². The molecule has 2 heterocycles. The van der Waals surface area contributed by atoms with Crippen molar-refractivity contribution >= 4 is 22.5 Å². The van der Waals surface area contributed by atoms with Crippen molar-refractivity contribution in [2.24, 2.45) is 0 Å². The maximum Gasteiger partial charge on any atom is 0.291 e. The number of nitrogens with zero attached hydrogens (tertiary/aromatic N) is 1. The quantitative estimate of drug-likeness (QED) is 0.776. The summed E-state index contributed by atoms with van der Waals surface area (Å²) in [5, 5.41) is 3.68. The minimum Gasteiger partial charge on any atom is -0.494 e. The van der Waals surface area contributed by atoms with Gasteiger partial charge in [-0.15, -0.1) is 0 Å². The number of hydrogen-bond acceptors (Lipinski definition) is 5. The Morgan fingerprint density at radius 3 is 2.83 bits per heavy atom. The van der Waals surface area contributed by atoms with E-state index in [2.05, 4.69) is 10.3 Å². The number of aryl methyl sites for hydroxylation is 1. The second-order valence-corrected chi connectivity index (χ2v) is 5.32. The monoisotopic (exact) mass is 326 g/mol. The molecule has 0 radical (unpaired) electrons. The van der Waals surface area contributed by atoms with E-state index in [0.717, 1.165) is 11.1 Å². The standard InChI is InChI=1S/C18H18N2O4/c1-11-9-14(13-5-4-6-15(23-3)17(13)19-11)20-18(21)16-8-7-12(24-16)10-22-2/h4-9H,10H2,1-3H3,(H,19,20,21). The Bertz CT molecular complexity index is 886. The van der Waals surface area contributed by atoms with Gasteiger partial charge in [0, 0.05) is 18.2 Å². The number of para-hydroxylation sites is 1. The van der Waals surface area contributed by atoms with Crippen LogP contribution in [0.5, 0.6) is 5.75 Å². The van der Waals surface area contributed by atoms with Crippen molar-refractivity contribution in [2.75, 3.05) is 19.5 Å². The predicted molar refractivity (Wildman–Crippen MR) is 90.4 cm³/mol. The van der Waals surface area contributed by atoms with Crippen molar-refractivity contribution in [1.29, 1.82) is 0 Å². The van der Waals surface area contributed by atoms with Crippen LogP contribution in [-0.2, 0) is 11.3 Å². The van der Waals surface area contributed by atoms with Gasteiger partial charge in [0.15, 0.2) is 5.76 Å². The Balaban J connectivity index is 1.95. The fourth-order valence-corrected chi connectivity index (χ4v) is 2.52. The minimum absolute atomic E-state index is 0.229. The number of pyridine rings is 1. The van der Waals surface area contributed by atoms with Gasteiger partial charge in [-0.1, -0.05) is 12.1 Å². The normalized spacial score (nSPS) is 10.8. The van der Waals surface area contributed by atoms with Gasteiger partial charge < -0.3 is 19.2 Å². The molecule has 0 unspecified atom stereocenters. The highest BCUT2D eigenvalue weighted by Gasteiger charge is 2.15. The lowest BCUT2D eigenvalue weighted by atomic mass is 10.1. The third-order valence-corrected chi connectivity index (χ3v) is 3.57. The van der Waals surface area contributed by atoms with E-state index in [1.54, 1.807) is 26.4 Å². The molecule has 1 aromatic carbocycles. The highest BCUT2D eigenvalue weighted by atomic mass is 16.5. The third-order valence-electron chi connectivity index (χ3n) is 3.57. The summed E-state index contributed by atoms with van der Waals surface area (Å²) in [5.74, 6) is 1.16. The van der Waals surface area contributed by atoms with Gasteiger partial charge in [-0.2, -0.15) is 0 Å². The highest BCUT2D eigenvalue weighted by molar-refractivity contribution is 6.08. The Morgan fingerprint density at radius 1 is 1.25 bits per heavy atom. The fraction of sp³-hybridized carbons (Fsp3) is 0.222. The van der Waals surface area contributed by atoms with Crippen LogP contribution < -0.4 is 10.1 Å². The van der Waals surface area contributed by atoms with Crippen LogP contribution in [-0.4, -0.2) is 25.1 Å². The molecule has 0 aliphatic carbocycles. The van der Waals surface area contributed by atoms with Gasteiger partial charge in [0.1, 0.15) is 23.6 Å². The molecule has 6 heteroatoms. The lowest BCUT2D eigenvalue weighted by molar-refractivity contribution is 0.0987. The first-order valence-corrected chi connectivity index (χ1v) is 7.45. The number of methoxy groups -OCH3 is 2. The molecule has 3 aromatic rings. The fourth-order valence-electron chi connectivity index (χ4n) is 2.52. The first kappa shape index (κ1) is 16.0. The summed E-state index contributed by atoms with van der Waals surface area (Å²) in [5.41, 5.74) is 2.14. The Kier molecular flexibility index (Phi) is 4.48. The highest BCUT2D eigenvalue weighted by Crippen LogP contribution is 2.30. The molecule has 0 fully saturated rings. The molecule has 0 bridgehead atoms. The molecule has 0 saturated heterocycles. The SMILES string of the molecule is COCc1ccc(C(=O)Nc2cc(C)nc3c(OC)cccc23)o1. The van der Waals surface area contributed by atoms with Crippen LogP contribution in [0.4, 0.5) is 5.69 Å². The van der Waals surface area contributed by atoms with E-state index in [1.807, 2.05) is 31.2 Å². The number of hydrogen-bond donors (Lipinski definition) is 1. The van der Waals surface area contributed by atoms with Crippen molar-refractivity contribution in [3.05, 3.63) is 53.6 Å². The molecule has 0 spiro atoms. The number of benzene rings is 1. The van der Waals surface area contributed by atoms with E-state index in [-0.39, 0.29) is 11.7 Å². The molecule has 0 aliphatic rings. The van der Waals surface area contributed by atoms with Crippen LogP contribution in [0.2, 0.25) is 0 Å². The molecule has 6 nitrogen and oxygen atoms in total. The molecule has 3 rings (SSSR count). The van der Waals surface area contributed by atoms with Crippen LogP contribution in [0.1, 0.15) is 22.0 Å². The maximum absolute atomic E-state index is 12.4. The van der Waals surface area contributed by atoms with Crippen LogP contribution in [0, 0.1) is 6.92 Å². The first-order valence-electron chi connectivity index (χ1n) is 7.45. The molecule has 0 aliphatic heterocycles. The van der Waals surface area contributed by atoms with Crippen molar-refractivity contribution < 1.29 is 18.7 Å². The number of anilines is 1. The zero-order chi connectivity index (χ0) is 17.1. The molecule has 2 aromatic heterocycles. The smallest absolute Gasteiger partial charge is 0.291 e. The molecule has 1 N–H and O–H groups in total. The van der Waals surface area contributed by atoms with E-state index in [1.165, 1.54) is 0 Å². The predicted octanol–water partition coefficient (Wildman–Crippen LogP) is 3.54. The Labute approximate surface area is 139 Å². The van der Waals surface area contributed by atoms with Gasteiger partial charge in [-0.05, 0) is 31.2 Å². The van der Waals surface area contributed by atoms with Crippen LogP contribution >= 0.6 is 0 Å². The van der Waals surface area contributed by atoms with Crippen LogP contribution in [0.15, 0.2) is 40.8 Å². The summed E-state index contributed by atoms with van der Waals surface area (Å²) >= 11 is 0. The molecule has 124 valence electrons. The number of rotatable bonds is 5. The maximum atomic E-state index is 12.4. The average molecular weight is 326 g/mol. The van der Waals surface area contributed by atoms with E-state index in [9.17, 15) is 4.79 Å². The number of furan rings is 1. The number of fused-ring (bicyclic) bond motifs is 1. The second-order valence-electron chi connectivity index (χ2n) is 5.32. The number of carbonyl (C=O) groups excluding carboxylic acids is 1. The summed E-state index contributed by atoms with van der Waals surface area (Å²) in [7, 11) is 3.17. The Hall–Kier alpha value is -2.86. The van der Waals surface area contributed by atoms with Crippen molar-refractivity contribution in [2.45, 2.75) is 13.5 Å². The van der Waals surface area contributed by atoms with E-state index < -0.39 is 0 Å². The van der Waals surface area contributed by atoms with Crippen molar-refractivity contribution in [1.82, 2.24) is 4.98 Å². The Morgan fingerprint density at radius 2 is 2.08 bits per heavy atom. The molecule has 0 atom stereocenters. The van der Waals surface area contributed by atoms with E-state index >= 15 is 0 Å². The summed E-state index contributed by atoms with van der Waals surface area (Å²) < 4.78 is 15.8. The van der Waals surface area contributed by atoms with Gasteiger partial charge in [-0.3, -0.25) is 4.79 Å². The van der Waals surface area contributed by atoms with Gasteiger partial charge in [-0.25, -0.2) is 4.98 Å². The number of ether oxygens (including phenoxy) is 2. The second kappa shape index (κ2) is 6.72. The van der Waals surface area contributed by atoms with Crippen LogP contribution in [0.3, 0.4) is 0 Å². The lowest BCUT2D eigenvalue weighted by Gasteiger charge is -2.11. The molecular weight excluding hydrogens is 308 g/mol. The summed E-state index contributed by atoms with van der Waals surface area (Å²) in [6.07, 6.45) is 0. The molecule has 1 amide bonds. The van der Waals surface area contributed by atoms with E-state index in [4.69, 9.17) is 13.9 Å². The van der Waals surface area contributed by atoms with Crippen molar-refractivity contribution in [3.63, 3.8) is 0 Å². The average Bonchev–Trinajstić information content (AvgIpc) is 3.03. The zero-order valence-corrected chi connectivity index (χ0v) is 13.8. The molecule has 24 heavy (non-hydrogen) atoms. The molecule has 0 saturated carbocycles. The largest absolute Gasteiger partial charge is 0.494 e.